The van der Waals surface area contributed by atoms with Gasteiger partial charge in [-0.3, -0.25) is 0 Å². The van der Waals surface area contributed by atoms with Gasteiger partial charge in [0.25, 0.3) is 0 Å². The smallest absolute Gasteiger partial charge is 0.0543 e. The molecule has 0 heterocycles. The highest BCUT2D eigenvalue weighted by Crippen LogP contribution is 2.23. The molecule has 0 saturated carbocycles. The van der Waals surface area contributed by atoms with Crippen LogP contribution in [0.1, 0.15) is 28.2 Å². The highest BCUT2D eigenvalue weighted by Gasteiger charge is 2.12. The van der Waals surface area contributed by atoms with Gasteiger partial charge in [0.2, 0.25) is 0 Å². The maximum atomic E-state index is 5.77. The first-order valence-corrected chi connectivity index (χ1v) is 5.37. The van der Waals surface area contributed by atoms with Gasteiger partial charge in [0, 0.05) is 19.6 Å². The molecule has 0 aromatic heterocycles. The summed E-state index contributed by atoms with van der Waals surface area (Å²) in [6.07, 6.45) is 0. The van der Waals surface area contributed by atoms with E-state index in [1.54, 1.807) is 7.11 Å². The van der Waals surface area contributed by atoms with E-state index in [0.717, 1.165) is 0 Å². The lowest BCUT2D eigenvalue weighted by Gasteiger charge is -2.18. The Bertz CT molecular complexity index is 334. The number of hydrogen-bond acceptors (Lipinski definition) is 2. The van der Waals surface area contributed by atoms with Crippen molar-refractivity contribution in [1.82, 2.24) is 0 Å². The number of hydrogen-bond donors (Lipinski definition) is 1. The van der Waals surface area contributed by atoms with Crippen LogP contribution in [0.3, 0.4) is 0 Å². The van der Waals surface area contributed by atoms with Gasteiger partial charge in [-0.2, -0.15) is 0 Å². The summed E-state index contributed by atoms with van der Waals surface area (Å²) in [6, 6.07) is 4.46. The molecule has 0 fully saturated rings. The Morgan fingerprint density at radius 2 is 1.73 bits per heavy atom. The number of aryl methyl sites for hydroxylation is 3. The second-order valence-corrected chi connectivity index (χ2v) is 4.18. The van der Waals surface area contributed by atoms with Crippen LogP contribution in [-0.4, -0.2) is 20.3 Å². The molecule has 0 aliphatic carbocycles. The highest BCUT2D eigenvalue weighted by molar-refractivity contribution is 5.38. The SMILES string of the molecule is COCC(CN)c1cc(C)c(C)cc1C. The standard InChI is InChI=1S/C13H21NO/c1-9-5-11(3)13(6-10(9)2)12(7-14)8-15-4/h5-6,12H,7-8,14H2,1-4H3. The van der Waals surface area contributed by atoms with Gasteiger partial charge in [-0.1, -0.05) is 12.1 Å². The van der Waals surface area contributed by atoms with Crippen molar-refractivity contribution in [2.45, 2.75) is 26.7 Å². The average molecular weight is 207 g/mol. The maximum absolute atomic E-state index is 5.77. The zero-order valence-electron chi connectivity index (χ0n) is 10.1. The normalized spacial score (nSPS) is 12.9. The lowest BCUT2D eigenvalue weighted by atomic mass is 9.92. The van der Waals surface area contributed by atoms with Crippen LogP contribution in [0.5, 0.6) is 0 Å². The lowest BCUT2D eigenvalue weighted by molar-refractivity contribution is 0.181. The molecule has 0 aliphatic rings. The lowest BCUT2D eigenvalue weighted by Crippen LogP contribution is -2.18. The van der Waals surface area contributed by atoms with E-state index in [1.807, 2.05) is 0 Å². The van der Waals surface area contributed by atoms with Crippen molar-refractivity contribution in [3.63, 3.8) is 0 Å². The molecule has 1 rings (SSSR count). The predicted molar refractivity (Wildman–Crippen MR) is 64.3 cm³/mol. The average Bonchev–Trinajstić information content (AvgIpc) is 2.20. The fourth-order valence-electron chi connectivity index (χ4n) is 1.91. The van der Waals surface area contributed by atoms with Gasteiger partial charge >= 0.3 is 0 Å². The molecule has 0 aliphatic heterocycles. The summed E-state index contributed by atoms with van der Waals surface area (Å²) in [5.41, 5.74) is 11.1. The van der Waals surface area contributed by atoms with Gasteiger partial charge in [-0.25, -0.2) is 0 Å². The van der Waals surface area contributed by atoms with E-state index in [2.05, 4.69) is 32.9 Å². The van der Waals surface area contributed by atoms with E-state index < -0.39 is 0 Å². The second-order valence-electron chi connectivity index (χ2n) is 4.18. The molecule has 15 heavy (non-hydrogen) atoms. The molecule has 0 spiro atoms. The molecular weight excluding hydrogens is 186 g/mol. The predicted octanol–water partition coefficient (Wildman–Crippen LogP) is 2.30. The van der Waals surface area contributed by atoms with Gasteiger partial charge in [0.15, 0.2) is 0 Å². The van der Waals surface area contributed by atoms with Gasteiger partial charge in [0.1, 0.15) is 0 Å². The van der Waals surface area contributed by atoms with Crippen molar-refractivity contribution >= 4 is 0 Å². The molecule has 1 atom stereocenters. The number of ether oxygens (including phenoxy) is 1. The van der Waals surface area contributed by atoms with Crippen molar-refractivity contribution in [2.75, 3.05) is 20.3 Å². The molecule has 2 N–H and O–H groups in total. The van der Waals surface area contributed by atoms with Crippen molar-refractivity contribution in [3.05, 3.63) is 34.4 Å². The van der Waals surface area contributed by atoms with E-state index in [-0.39, 0.29) is 0 Å². The molecular formula is C13H21NO. The van der Waals surface area contributed by atoms with E-state index in [9.17, 15) is 0 Å². The molecule has 84 valence electrons. The Balaban J connectivity index is 3.06. The fraction of sp³-hybridized carbons (Fsp3) is 0.538. The molecule has 1 aromatic rings. The third kappa shape index (κ3) is 2.80. The fourth-order valence-corrected chi connectivity index (χ4v) is 1.91. The Morgan fingerprint density at radius 1 is 1.13 bits per heavy atom. The van der Waals surface area contributed by atoms with Crippen LogP contribution in [0, 0.1) is 20.8 Å². The number of methoxy groups -OCH3 is 1. The van der Waals surface area contributed by atoms with Crippen LogP contribution < -0.4 is 5.73 Å². The number of benzene rings is 1. The van der Waals surface area contributed by atoms with E-state index >= 15 is 0 Å². The van der Waals surface area contributed by atoms with Gasteiger partial charge in [-0.15, -0.1) is 0 Å². The van der Waals surface area contributed by atoms with Crippen LogP contribution in [0.15, 0.2) is 12.1 Å². The maximum Gasteiger partial charge on any atom is 0.0543 e. The van der Waals surface area contributed by atoms with Crippen molar-refractivity contribution in [1.29, 1.82) is 0 Å². The molecule has 0 amide bonds. The van der Waals surface area contributed by atoms with Crippen LogP contribution in [0.25, 0.3) is 0 Å². The molecule has 0 radical (unpaired) electrons. The third-order valence-electron chi connectivity index (χ3n) is 2.97. The molecule has 0 bridgehead atoms. The molecule has 1 aromatic carbocycles. The largest absolute Gasteiger partial charge is 0.384 e. The minimum Gasteiger partial charge on any atom is -0.384 e. The summed E-state index contributed by atoms with van der Waals surface area (Å²) >= 11 is 0. The number of nitrogens with two attached hydrogens (primary N) is 1. The first-order valence-electron chi connectivity index (χ1n) is 5.37. The molecule has 0 saturated heterocycles. The van der Waals surface area contributed by atoms with E-state index in [4.69, 9.17) is 10.5 Å². The van der Waals surface area contributed by atoms with Gasteiger partial charge in [-0.05, 0) is 43.0 Å². The number of rotatable bonds is 4. The summed E-state index contributed by atoms with van der Waals surface area (Å²) in [7, 11) is 1.72. The summed E-state index contributed by atoms with van der Waals surface area (Å²) in [6.45, 7) is 7.75. The molecule has 2 nitrogen and oxygen atoms in total. The van der Waals surface area contributed by atoms with Crippen molar-refractivity contribution in [3.8, 4) is 0 Å². The van der Waals surface area contributed by atoms with E-state index in [1.165, 1.54) is 22.3 Å². The summed E-state index contributed by atoms with van der Waals surface area (Å²) < 4.78 is 5.19. The minimum absolute atomic E-state index is 0.314. The quantitative estimate of drug-likeness (QED) is 0.822. The zero-order chi connectivity index (χ0) is 11.4. The minimum atomic E-state index is 0.314. The summed E-state index contributed by atoms with van der Waals surface area (Å²) in [5.74, 6) is 0.314. The summed E-state index contributed by atoms with van der Waals surface area (Å²) in [5, 5.41) is 0. The van der Waals surface area contributed by atoms with Crippen LogP contribution >= 0.6 is 0 Å². The first-order chi connectivity index (χ1) is 7.10. The Kier molecular flexibility index (Phi) is 4.30. The Labute approximate surface area is 92.4 Å². The zero-order valence-corrected chi connectivity index (χ0v) is 10.1. The first kappa shape index (κ1) is 12.2. The van der Waals surface area contributed by atoms with Crippen LogP contribution in [0.2, 0.25) is 0 Å². The third-order valence-corrected chi connectivity index (χ3v) is 2.97. The highest BCUT2D eigenvalue weighted by atomic mass is 16.5. The Morgan fingerprint density at radius 3 is 2.27 bits per heavy atom. The van der Waals surface area contributed by atoms with Gasteiger partial charge in [0.05, 0.1) is 6.61 Å². The molecule has 1 unspecified atom stereocenters. The second kappa shape index (κ2) is 5.29. The van der Waals surface area contributed by atoms with Crippen LogP contribution in [0.4, 0.5) is 0 Å². The van der Waals surface area contributed by atoms with Crippen molar-refractivity contribution in [2.24, 2.45) is 5.73 Å². The van der Waals surface area contributed by atoms with E-state index in [0.29, 0.717) is 19.1 Å². The topological polar surface area (TPSA) is 35.2 Å². The monoisotopic (exact) mass is 207 g/mol. The van der Waals surface area contributed by atoms with Crippen molar-refractivity contribution < 1.29 is 4.74 Å². The Hall–Kier alpha value is -0.860. The van der Waals surface area contributed by atoms with Gasteiger partial charge < -0.3 is 10.5 Å². The van der Waals surface area contributed by atoms with Crippen LogP contribution in [-0.2, 0) is 4.74 Å². The molecule has 2 heteroatoms. The summed E-state index contributed by atoms with van der Waals surface area (Å²) in [4.78, 5) is 0.